The fraction of sp³-hybridized carbons (Fsp3) is 0.240. The molecule has 1 fully saturated rings. The number of hydrogen-bond acceptors (Lipinski definition) is 7. The molecule has 0 spiro atoms. The van der Waals surface area contributed by atoms with Gasteiger partial charge in [0.1, 0.15) is 11.9 Å². The third-order valence-electron chi connectivity index (χ3n) is 5.92. The lowest BCUT2D eigenvalue weighted by atomic mass is 9.96. The minimum absolute atomic E-state index is 0.0966. The van der Waals surface area contributed by atoms with E-state index in [1.807, 2.05) is 18.2 Å². The van der Waals surface area contributed by atoms with Crippen LogP contribution < -0.4 is 9.64 Å². The van der Waals surface area contributed by atoms with Crippen molar-refractivity contribution in [3.8, 4) is 17.0 Å². The molecule has 2 aromatic carbocycles. The molecule has 7 nitrogen and oxygen atoms in total. The molecule has 0 radical (unpaired) electrons. The summed E-state index contributed by atoms with van der Waals surface area (Å²) >= 11 is 6.32. The third kappa shape index (κ3) is 4.27. The van der Waals surface area contributed by atoms with Gasteiger partial charge in [-0.3, -0.25) is 4.98 Å². The summed E-state index contributed by atoms with van der Waals surface area (Å²) in [4.78, 5) is 6.75. The molecule has 1 atom stereocenters. The molecule has 0 aliphatic carbocycles. The highest BCUT2D eigenvalue weighted by Crippen LogP contribution is 2.37. The predicted molar refractivity (Wildman–Crippen MR) is 128 cm³/mol. The first kappa shape index (κ1) is 22.5. The van der Waals surface area contributed by atoms with E-state index in [0.29, 0.717) is 35.8 Å². The average Bonchev–Trinajstić information content (AvgIpc) is 2.88. The van der Waals surface area contributed by atoms with Crippen LogP contribution in [0.3, 0.4) is 0 Å². The van der Waals surface area contributed by atoms with Gasteiger partial charge >= 0.3 is 0 Å². The lowest BCUT2D eigenvalue weighted by Crippen LogP contribution is -2.36. The SMILES string of the molecule is COc1ccc([C@H](O)c2cc(-c3ccnc4cc(N5CCOCC5)ccc34)c(F)cc2Cl)nn1. The van der Waals surface area contributed by atoms with Crippen LogP contribution in [-0.2, 0) is 4.74 Å². The van der Waals surface area contributed by atoms with Gasteiger partial charge in [-0.05, 0) is 42.0 Å². The molecule has 4 aromatic rings. The number of rotatable bonds is 5. The zero-order valence-electron chi connectivity index (χ0n) is 18.4. The van der Waals surface area contributed by atoms with E-state index in [2.05, 4.69) is 20.1 Å². The Balaban J connectivity index is 1.55. The Labute approximate surface area is 200 Å². The highest BCUT2D eigenvalue weighted by Gasteiger charge is 2.21. The second kappa shape index (κ2) is 9.50. The number of aliphatic hydroxyl groups excluding tert-OH is 1. The van der Waals surface area contributed by atoms with Crippen LogP contribution >= 0.6 is 11.6 Å². The monoisotopic (exact) mass is 480 g/mol. The lowest BCUT2D eigenvalue weighted by Gasteiger charge is -2.29. The molecule has 1 saturated heterocycles. The topological polar surface area (TPSA) is 80.6 Å². The zero-order valence-corrected chi connectivity index (χ0v) is 19.2. The Morgan fingerprint density at radius 2 is 1.88 bits per heavy atom. The number of fused-ring (bicyclic) bond motifs is 1. The molecule has 0 saturated carbocycles. The highest BCUT2D eigenvalue weighted by molar-refractivity contribution is 6.31. The van der Waals surface area contributed by atoms with Crippen LogP contribution in [0.15, 0.2) is 54.7 Å². The Morgan fingerprint density at radius 1 is 1.06 bits per heavy atom. The maximum atomic E-state index is 15.1. The van der Waals surface area contributed by atoms with Crippen LogP contribution in [0.1, 0.15) is 17.4 Å². The standard InChI is InChI=1S/C25H22ClFN4O3/c1-33-24-5-4-22(29-30-24)25(32)19-13-18(21(27)14-20(19)26)16-6-7-28-23-12-15(2-3-17(16)23)31-8-10-34-11-9-31/h2-7,12-14,25,32H,8-11H2,1H3/t25-/m1/s1. The van der Waals surface area contributed by atoms with Gasteiger partial charge in [-0.1, -0.05) is 17.7 Å². The largest absolute Gasteiger partial charge is 0.480 e. The summed E-state index contributed by atoms with van der Waals surface area (Å²) in [6.45, 7) is 3.00. The Kier molecular flexibility index (Phi) is 6.28. The summed E-state index contributed by atoms with van der Waals surface area (Å²) < 4.78 is 25.6. The van der Waals surface area contributed by atoms with Gasteiger partial charge in [0, 0.05) is 52.6 Å². The third-order valence-corrected chi connectivity index (χ3v) is 6.25. The Bertz CT molecular complexity index is 1330. The van der Waals surface area contributed by atoms with Gasteiger partial charge in [0.25, 0.3) is 0 Å². The molecule has 1 aliphatic heterocycles. The molecule has 1 N–H and O–H groups in total. The van der Waals surface area contributed by atoms with E-state index in [9.17, 15) is 5.11 Å². The number of benzene rings is 2. The second-order valence-corrected chi connectivity index (χ2v) is 8.32. The second-order valence-electron chi connectivity index (χ2n) is 7.92. The van der Waals surface area contributed by atoms with Crippen molar-refractivity contribution < 1.29 is 19.0 Å². The molecule has 1 aliphatic rings. The summed E-state index contributed by atoms with van der Waals surface area (Å²) in [5.41, 5.74) is 3.36. The number of nitrogens with zero attached hydrogens (tertiary/aromatic N) is 4. The molecule has 3 heterocycles. The van der Waals surface area contributed by atoms with Crippen molar-refractivity contribution in [1.29, 1.82) is 0 Å². The van der Waals surface area contributed by atoms with E-state index >= 15 is 4.39 Å². The van der Waals surface area contributed by atoms with Crippen molar-refractivity contribution in [1.82, 2.24) is 15.2 Å². The summed E-state index contributed by atoms with van der Waals surface area (Å²) in [7, 11) is 1.48. The summed E-state index contributed by atoms with van der Waals surface area (Å²) in [6.07, 6.45) is 0.464. The van der Waals surface area contributed by atoms with E-state index in [1.165, 1.54) is 13.2 Å². The summed E-state index contributed by atoms with van der Waals surface area (Å²) in [6, 6.07) is 13.7. The summed E-state index contributed by atoms with van der Waals surface area (Å²) in [5, 5.41) is 19.7. The van der Waals surface area contributed by atoms with E-state index in [1.54, 1.807) is 30.5 Å². The number of morpholine rings is 1. The molecule has 5 rings (SSSR count). The Morgan fingerprint density at radius 3 is 2.62 bits per heavy atom. The number of aliphatic hydroxyl groups is 1. The van der Waals surface area contributed by atoms with Gasteiger partial charge in [-0.2, -0.15) is 0 Å². The number of halogens is 2. The van der Waals surface area contributed by atoms with Gasteiger partial charge < -0.3 is 19.5 Å². The molecule has 0 unspecified atom stereocenters. The molecule has 174 valence electrons. The summed E-state index contributed by atoms with van der Waals surface area (Å²) in [5.74, 6) is -0.173. The van der Waals surface area contributed by atoms with Crippen LogP contribution in [0.5, 0.6) is 5.88 Å². The molecule has 34 heavy (non-hydrogen) atoms. The van der Waals surface area contributed by atoms with E-state index in [-0.39, 0.29) is 10.7 Å². The van der Waals surface area contributed by atoms with Gasteiger partial charge in [-0.15, -0.1) is 10.2 Å². The Hall–Kier alpha value is -3.33. The van der Waals surface area contributed by atoms with Crippen molar-refractivity contribution in [2.75, 3.05) is 38.3 Å². The molecular formula is C25H22ClFN4O3. The maximum Gasteiger partial charge on any atom is 0.233 e. The molecule has 2 aromatic heterocycles. The number of ether oxygens (including phenoxy) is 2. The van der Waals surface area contributed by atoms with E-state index in [4.69, 9.17) is 21.1 Å². The van der Waals surface area contributed by atoms with Crippen LogP contribution in [-0.4, -0.2) is 53.7 Å². The predicted octanol–water partition coefficient (Wildman–Crippen LogP) is 4.41. The highest BCUT2D eigenvalue weighted by atomic mass is 35.5. The number of methoxy groups -OCH3 is 1. The van der Waals surface area contributed by atoms with Crippen LogP contribution in [0.25, 0.3) is 22.0 Å². The lowest BCUT2D eigenvalue weighted by molar-refractivity contribution is 0.122. The van der Waals surface area contributed by atoms with Crippen molar-refractivity contribution in [2.45, 2.75) is 6.10 Å². The van der Waals surface area contributed by atoms with Crippen molar-refractivity contribution in [3.05, 3.63) is 76.8 Å². The zero-order chi connectivity index (χ0) is 23.7. The molecule has 0 bridgehead atoms. The van der Waals surface area contributed by atoms with Crippen molar-refractivity contribution in [2.24, 2.45) is 0 Å². The van der Waals surface area contributed by atoms with Crippen molar-refractivity contribution >= 4 is 28.2 Å². The normalized spacial score (nSPS) is 14.9. The average molecular weight is 481 g/mol. The minimum atomic E-state index is -1.19. The first-order chi connectivity index (χ1) is 16.5. The van der Waals surface area contributed by atoms with Crippen LogP contribution in [0.4, 0.5) is 10.1 Å². The number of anilines is 1. The fourth-order valence-electron chi connectivity index (χ4n) is 4.12. The molecule has 0 amide bonds. The number of aromatic nitrogens is 3. The van der Waals surface area contributed by atoms with Crippen LogP contribution in [0, 0.1) is 5.82 Å². The van der Waals surface area contributed by atoms with Crippen LogP contribution in [0.2, 0.25) is 5.02 Å². The van der Waals surface area contributed by atoms with Gasteiger partial charge in [0.05, 0.1) is 31.5 Å². The first-order valence-corrected chi connectivity index (χ1v) is 11.2. The molecule has 9 heteroatoms. The molecular weight excluding hydrogens is 459 g/mol. The van der Waals surface area contributed by atoms with E-state index in [0.717, 1.165) is 29.7 Å². The number of pyridine rings is 1. The number of hydrogen-bond donors (Lipinski definition) is 1. The smallest absolute Gasteiger partial charge is 0.233 e. The van der Waals surface area contributed by atoms with Gasteiger partial charge in [-0.25, -0.2) is 4.39 Å². The van der Waals surface area contributed by atoms with Gasteiger partial charge in [0.15, 0.2) is 0 Å². The first-order valence-electron chi connectivity index (χ1n) is 10.8. The minimum Gasteiger partial charge on any atom is -0.480 e. The van der Waals surface area contributed by atoms with Crippen molar-refractivity contribution in [3.63, 3.8) is 0 Å². The van der Waals surface area contributed by atoms with Gasteiger partial charge in [0.2, 0.25) is 5.88 Å². The maximum absolute atomic E-state index is 15.1. The van der Waals surface area contributed by atoms with E-state index < -0.39 is 11.9 Å². The fourth-order valence-corrected chi connectivity index (χ4v) is 4.37. The quantitative estimate of drug-likeness (QED) is 0.453.